The zero-order valence-corrected chi connectivity index (χ0v) is 13.5. The molecule has 4 rings (SSSR count). The maximum Gasteiger partial charge on any atom is 0.261 e. The Morgan fingerprint density at radius 3 is 2.08 bits per heavy atom. The molecule has 2 aromatic rings. The number of carbonyl (C=O) groups is 2. The first-order chi connectivity index (χ1) is 12.1. The SMILES string of the molecule is O=C1c2ccccc2C(=O)N1CCc1c(N2CCOCC2)c(=O)c1=O. The van der Waals surface area contributed by atoms with Crippen molar-refractivity contribution in [2.75, 3.05) is 37.7 Å². The van der Waals surface area contributed by atoms with Gasteiger partial charge >= 0.3 is 0 Å². The van der Waals surface area contributed by atoms with Crippen LogP contribution in [0, 0.1) is 0 Å². The Bertz CT molecular complexity index is 900. The fourth-order valence-corrected chi connectivity index (χ4v) is 3.45. The van der Waals surface area contributed by atoms with Gasteiger partial charge in [-0.15, -0.1) is 0 Å². The van der Waals surface area contributed by atoms with Gasteiger partial charge in [-0.05, 0) is 18.6 Å². The van der Waals surface area contributed by atoms with Gasteiger partial charge in [-0.1, -0.05) is 12.1 Å². The number of rotatable bonds is 4. The van der Waals surface area contributed by atoms with Crippen LogP contribution < -0.4 is 15.8 Å². The molecule has 2 aliphatic heterocycles. The van der Waals surface area contributed by atoms with Crippen LogP contribution in [0.5, 0.6) is 0 Å². The summed E-state index contributed by atoms with van der Waals surface area (Å²) in [5.74, 6) is -0.709. The van der Waals surface area contributed by atoms with Crippen molar-refractivity contribution in [1.82, 2.24) is 4.90 Å². The second-order valence-electron chi connectivity index (χ2n) is 6.14. The van der Waals surface area contributed by atoms with Crippen LogP contribution in [0.4, 0.5) is 5.69 Å². The number of fused-ring (bicyclic) bond motifs is 1. The Balaban J connectivity index is 1.53. The molecular formula is C18H16N2O5. The van der Waals surface area contributed by atoms with E-state index in [1.807, 2.05) is 4.90 Å². The summed E-state index contributed by atoms with van der Waals surface area (Å²) >= 11 is 0. The molecule has 0 atom stereocenters. The Labute approximate surface area is 143 Å². The number of anilines is 1. The molecule has 2 heterocycles. The number of morpholine rings is 1. The molecule has 0 bridgehead atoms. The molecule has 0 aliphatic carbocycles. The van der Waals surface area contributed by atoms with Crippen molar-refractivity contribution in [3.63, 3.8) is 0 Å². The fourth-order valence-electron chi connectivity index (χ4n) is 3.45. The molecule has 128 valence electrons. The number of hydrogen-bond donors (Lipinski definition) is 0. The summed E-state index contributed by atoms with van der Waals surface area (Å²) in [4.78, 5) is 51.6. The number of nitrogens with zero attached hydrogens (tertiary/aromatic N) is 2. The van der Waals surface area contributed by atoms with Gasteiger partial charge in [0.2, 0.25) is 10.9 Å². The normalized spacial score (nSPS) is 17.4. The van der Waals surface area contributed by atoms with Gasteiger partial charge in [-0.25, -0.2) is 0 Å². The number of imide groups is 1. The summed E-state index contributed by atoms with van der Waals surface area (Å²) in [5, 5.41) is 0. The predicted octanol–water partition coefficient (Wildman–Crippen LogP) is -0.0421. The molecule has 7 nitrogen and oxygen atoms in total. The molecule has 2 amide bonds. The molecule has 0 saturated carbocycles. The zero-order chi connectivity index (χ0) is 17.6. The van der Waals surface area contributed by atoms with Gasteiger partial charge < -0.3 is 9.64 Å². The zero-order valence-electron chi connectivity index (χ0n) is 13.5. The van der Waals surface area contributed by atoms with Gasteiger partial charge in [0.15, 0.2) is 0 Å². The lowest BCUT2D eigenvalue weighted by Gasteiger charge is -2.31. The number of hydrogen-bond acceptors (Lipinski definition) is 6. The molecule has 0 radical (unpaired) electrons. The van der Waals surface area contributed by atoms with Crippen molar-refractivity contribution in [3.8, 4) is 0 Å². The highest BCUT2D eigenvalue weighted by atomic mass is 16.5. The highest BCUT2D eigenvalue weighted by Gasteiger charge is 2.36. The number of carbonyl (C=O) groups excluding carboxylic acids is 2. The van der Waals surface area contributed by atoms with Crippen LogP contribution in [0.25, 0.3) is 0 Å². The van der Waals surface area contributed by atoms with Crippen LogP contribution in [0.15, 0.2) is 33.9 Å². The largest absolute Gasteiger partial charge is 0.378 e. The van der Waals surface area contributed by atoms with Gasteiger partial charge in [-0.2, -0.15) is 0 Å². The third kappa shape index (κ3) is 2.39. The minimum atomic E-state index is -0.516. The van der Waals surface area contributed by atoms with E-state index in [2.05, 4.69) is 0 Å². The average molecular weight is 340 g/mol. The van der Waals surface area contributed by atoms with Crippen LogP contribution in [-0.4, -0.2) is 49.6 Å². The maximum absolute atomic E-state index is 12.4. The van der Waals surface area contributed by atoms with E-state index in [-0.39, 0.29) is 24.8 Å². The molecule has 2 aliphatic rings. The smallest absolute Gasteiger partial charge is 0.261 e. The fraction of sp³-hybridized carbons (Fsp3) is 0.333. The van der Waals surface area contributed by atoms with E-state index in [1.165, 1.54) is 0 Å². The summed E-state index contributed by atoms with van der Waals surface area (Å²) in [6.45, 7) is 2.23. The van der Waals surface area contributed by atoms with Gasteiger partial charge in [0.1, 0.15) is 0 Å². The van der Waals surface area contributed by atoms with E-state index in [4.69, 9.17) is 4.74 Å². The summed E-state index contributed by atoms with van der Waals surface area (Å²) in [6, 6.07) is 6.65. The van der Waals surface area contributed by atoms with E-state index in [0.29, 0.717) is 48.7 Å². The molecule has 0 spiro atoms. The molecule has 0 aromatic heterocycles. The topological polar surface area (TPSA) is 84.0 Å². The van der Waals surface area contributed by atoms with Crippen molar-refractivity contribution < 1.29 is 14.3 Å². The first kappa shape index (κ1) is 15.7. The minimum absolute atomic E-state index is 0.0918. The maximum atomic E-state index is 12.4. The average Bonchev–Trinajstić information content (AvgIpc) is 2.90. The first-order valence-corrected chi connectivity index (χ1v) is 8.19. The second kappa shape index (κ2) is 5.93. The Morgan fingerprint density at radius 2 is 1.48 bits per heavy atom. The Hall–Kier alpha value is -2.80. The standard InChI is InChI=1S/C18H16N2O5/c21-15-13(14(16(15)22)19-7-9-25-10-8-19)5-6-20-17(23)11-3-1-2-4-12(11)18(20)24/h1-4H,5-10H2. The van der Waals surface area contributed by atoms with Crippen LogP contribution in [0.2, 0.25) is 0 Å². The quantitative estimate of drug-likeness (QED) is 0.574. The molecule has 2 aromatic carbocycles. The molecule has 7 heteroatoms. The lowest BCUT2D eigenvalue weighted by atomic mass is 10.0. The van der Waals surface area contributed by atoms with Crippen LogP contribution in [0.3, 0.4) is 0 Å². The Morgan fingerprint density at radius 1 is 0.880 bits per heavy atom. The predicted molar refractivity (Wildman–Crippen MR) is 89.9 cm³/mol. The number of amides is 2. The minimum Gasteiger partial charge on any atom is -0.378 e. The second-order valence-corrected chi connectivity index (χ2v) is 6.14. The van der Waals surface area contributed by atoms with Crippen molar-refractivity contribution in [2.45, 2.75) is 6.42 Å². The highest BCUT2D eigenvalue weighted by Crippen LogP contribution is 2.23. The lowest BCUT2D eigenvalue weighted by Crippen LogP contribution is -2.48. The molecule has 0 unspecified atom stereocenters. The Kier molecular flexibility index (Phi) is 3.73. The number of ether oxygens (including phenoxy) is 1. The monoisotopic (exact) mass is 340 g/mol. The van der Waals surface area contributed by atoms with Crippen molar-refractivity contribution in [2.24, 2.45) is 0 Å². The van der Waals surface area contributed by atoms with Crippen LogP contribution >= 0.6 is 0 Å². The summed E-state index contributed by atoms with van der Waals surface area (Å²) in [6.07, 6.45) is 0.197. The van der Waals surface area contributed by atoms with E-state index in [9.17, 15) is 19.2 Å². The van der Waals surface area contributed by atoms with Gasteiger partial charge in [-0.3, -0.25) is 24.1 Å². The van der Waals surface area contributed by atoms with E-state index >= 15 is 0 Å². The lowest BCUT2D eigenvalue weighted by molar-refractivity contribution is 0.0656. The highest BCUT2D eigenvalue weighted by molar-refractivity contribution is 6.21. The van der Waals surface area contributed by atoms with Crippen molar-refractivity contribution in [1.29, 1.82) is 0 Å². The van der Waals surface area contributed by atoms with Gasteiger partial charge in [0.05, 0.1) is 30.0 Å². The molecule has 1 saturated heterocycles. The third-order valence-electron chi connectivity index (χ3n) is 4.77. The molecule has 1 fully saturated rings. The van der Waals surface area contributed by atoms with Crippen LogP contribution in [-0.2, 0) is 11.2 Å². The third-order valence-corrected chi connectivity index (χ3v) is 4.77. The van der Waals surface area contributed by atoms with Crippen LogP contribution in [0.1, 0.15) is 26.3 Å². The molecule has 25 heavy (non-hydrogen) atoms. The van der Waals surface area contributed by atoms with Crippen molar-refractivity contribution >= 4 is 17.5 Å². The van der Waals surface area contributed by atoms with E-state index in [1.54, 1.807) is 24.3 Å². The molecular weight excluding hydrogens is 324 g/mol. The van der Waals surface area contributed by atoms with E-state index in [0.717, 1.165) is 4.90 Å². The summed E-state index contributed by atoms with van der Waals surface area (Å²) in [7, 11) is 0. The van der Waals surface area contributed by atoms with E-state index < -0.39 is 10.9 Å². The van der Waals surface area contributed by atoms with Gasteiger partial charge in [0, 0.05) is 25.2 Å². The van der Waals surface area contributed by atoms with Crippen molar-refractivity contribution in [3.05, 3.63) is 61.4 Å². The summed E-state index contributed by atoms with van der Waals surface area (Å²) in [5.41, 5.74) is 0.586. The summed E-state index contributed by atoms with van der Waals surface area (Å²) < 4.78 is 5.26. The molecule has 0 N–H and O–H groups in total. The number of benzene rings is 1. The van der Waals surface area contributed by atoms with Gasteiger partial charge in [0.25, 0.3) is 11.8 Å². The first-order valence-electron chi connectivity index (χ1n) is 8.19.